The molecule has 2 aromatic carbocycles. The Morgan fingerprint density at radius 3 is 2.77 bits per heavy atom. The number of amides is 2. The van der Waals surface area contributed by atoms with Crippen molar-refractivity contribution in [1.29, 1.82) is 0 Å². The van der Waals surface area contributed by atoms with Crippen LogP contribution < -0.4 is 15.4 Å². The molecule has 1 aliphatic rings. The number of nitrogens with one attached hydrogen (secondary N) is 2. The van der Waals surface area contributed by atoms with Crippen LogP contribution in [-0.4, -0.2) is 41.0 Å². The van der Waals surface area contributed by atoms with E-state index in [4.69, 9.17) is 21.2 Å². The molecule has 2 amide bonds. The average Bonchev–Trinajstić information content (AvgIpc) is 3.25. The molecule has 31 heavy (non-hydrogen) atoms. The molecule has 8 nitrogen and oxygen atoms in total. The summed E-state index contributed by atoms with van der Waals surface area (Å²) < 4.78 is 6.01. The molecule has 0 aliphatic carbocycles. The Labute approximate surface area is 184 Å². The van der Waals surface area contributed by atoms with Crippen LogP contribution in [0.4, 0.5) is 10.6 Å². The molecule has 3 aromatic rings. The lowest BCUT2D eigenvalue weighted by atomic mass is 10.0. The highest BCUT2D eigenvalue weighted by Gasteiger charge is 2.22. The number of para-hydroxylation sites is 1. The molecule has 9 heteroatoms. The van der Waals surface area contributed by atoms with E-state index < -0.39 is 6.03 Å². The number of benzene rings is 2. The number of aromatic nitrogens is 2. The maximum absolute atomic E-state index is 12.0. The van der Waals surface area contributed by atoms with Gasteiger partial charge in [-0.15, -0.1) is 0 Å². The van der Waals surface area contributed by atoms with Crippen LogP contribution in [0.25, 0.3) is 11.1 Å². The van der Waals surface area contributed by atoms with Gasteiger partial charge in [-0.2, -0.15) is 0 Å². The molecule has 1 aliphatic heterocycles. The summed E-state index contributed by atoms with van der Waals surface area (Å²) in [7, 11) is 0. The van der Waals surface area contributed by atoms with Crippen LogP contribution in [0.2, 0.25) is 5.15 Å². The van der Waals surface area contributed by atoms with Gasteiger partial charge in [0.25, 0.3) is 0 Å². The van der Waals surface area contributed by atoms with Crippen LogP contribution in [0.1, 0.15) is 6.42 Å². The number of urea groups is 1. The first-order valence-corrected chi connectivity index (χ1v) is 10.1. The van der Waals surface area contributed by atoms with Crippen LogP contribution >= 0.6 is 11.6 Å². The van der Waals surface area contributed by atoms with Crippen LogP contribution in [-0.2, 0) is 4.84 Å². The van der Waals surface area contributed by atoms with Crippen LogP contribution in [0.5, 0.6) is 5.75 Å². The quantitative estimate of drug-likeness (QED) is 0.578. The van der Waals surface area contributed by atoms with Crippen molar-refractivity contribution in [2.75, 3.05) is 18.5 Å². The molecular formula is C22H20ClN5O3. The van der Waals surface area contributed by atoms with E-state index in [1.165, 1.54) is 12.4 Å². The number of carbonyl (C=O) groups excluding carboxylic acids is 1. The molecule has 0 spiro atoms. The number of nitrogens with zero attached hydrogens (tertiary/aromatic N) is 3. The maximum atomic E-state index is 12.0. The summed E-state index contributed by atoms with van der Waals surface area (Å²) in [6.07, 6.45) is 3.13. The van der Waals surface area contributed by atoms with E-state index in [0.29, 0.717) is 13.0 Å². The van der Waals surface area contributed by atoms with Crippen molar-refractivity contribution >= 4 is 29.2 Å². The molecule has 1 atom stereocenters. The predicted molar refractivity (Wildman–Crippen MR) is 118 cm³/mol. The Morgan fingerprint density at radius 2 is 1.94 bits per heavy atom. The van der Waals surface area contributed by atoms with E-state index in [2.05, 4.69) is 25.8 Å². The topological polar surface area (TPSA) is 97.7 Å². The first-order chi connectivity index (χ1) is 15.2. The number of hydrogen-bond acceptors (Lipinski definition) is 6. The summed E-state index contributed by atoms with van der Waals surface area (Å²) in [5.74, 6) is 1.05. The van der Waals surface area contributed by atoms with Gasteiger partial charge in [-0.25, -0.2) is 9.78 Å². The van der Waals surface area contributed by atoms with Crippen LogP contribution in [0.3, 0.4) is 0 Å². The molecule has 4 rings (SSSR count). The minimum atomic E-state index is -0.434. The van der Waals surface area contributed by atoms with Crippen molar-refractivity contribution in [3.63, 3.8) is 0 Å². The van der Waals surface area contributed by atoms with Crippen molar-refractivity contribution in [1.82, 2.24) is 15.3 Å². The molecule has 2 heterocycles. The molecule has 1 unspecified atom stereocenters. The lowest BCUT2D eigenvalue weighted by molar-refractivity contribution is 0.0472. The molecule has 1 aromatic heterocycles. The van der Waals surface area contributed by atoms with Crippen LogP contribution in [0.15, 0.2) is 72.1 Å². The minimum absolute atomic E-state index is 0.197. The minimum Gasteiger partial charge on any atom is -0.489 e. The monoisotopic (exact) mass is 437 g/mol. The third-order valence-electron chi connectivity index (χ3n) is 4.49. The van der Waals surface area contributed by atoms with Gasteiger partial charge in [0.1, 0.15) is 17.5 Å². The summed E-state index contributed by atoms with van der Waals surface area (Å²) >= 11 is 5.75. The van der Waals surface area contributed by atoms with Crippen molar-refractivity contribution in [2.24, 2.45) is 5.16 Å². The molecule has 0 saturated heterocycles. The Bertz CT molecular complexity index is 1080. The second-order valence-corrected chi connectivity index (χ2v) is 7.18. The molecule has 0 bridgehead atoms. The second-order valence-electron chi connectivity index (χ2n) is 6.80. The Hall–Kier alpha value is -3.65. The first-order valence-electron chi connectivity index (χ1n) is 9.68. The first kappa shape index (κ1) is 20.6. The van der Waals surface area contributed by atoms with Gasteiger partial charge in [0.15, 0.2) is 11.9 Å². The van der Waals surface area contributed by atoms with Gasteiger partial charge >= 0.3 is 6.03 Å². The fourth-order valence-electron chi connectivity index (χ4n) is 3.06. The highest BCUT2D eigenvalue weighted by Crippen LogP contribution is 2.30. The molecule has 0 saturated carbocycles. The van der Waals surface area contributed by atoms with E-state index >= 15 is 0 Å². The smallest absolute Gasteiger partial charge is 0.320 e. The normalized spacial score (nSPS) is 15.0. The standard InChI is InChI=1S/C22H20ClN5O3/c23-20-12-24-13-21(26-20)27-22(29)25-11-16-10-17(31-28-16)14-30-19-9-5-4-8-18(19)15-6-2-1-3-7-15/h1-9,12-13,17H,10-11,14H2,(H2,25,26,27,29). The van der Waals surface area contributed by atoms with E-state index in [1.54, 1.807) is 0 Å². The lowest BCUT2D eigenvalue weighted by Crippen LogP contribution is -2.33. The Kier molecular flexibility index (Phi) is 6.59. The van der Waals surface area contributed by atoms with Gasteiger partial charge in [0.2, 0.25) is 0 Å². The summed E-state index contributed by atoms with van der Waals surface area (Å²) in [5, 5.41) is 9.51. The molecule has 158 valence electrons. The van der Waals surface area contributed by atoms with Crippen molar-refractivity contribution in [3.05, 3.63) is 72.1 Å². The number of carbonyl (C=O) groups is 1. The van der Waals surface area contributed by atoms with Crippen LogP contribution in [0, 0.1) is 0 Å². The Morgan fingerprint density at radius 1 is 1.13 bits per heavy atom. The molecule has 0 radical (unpaired) electrons. The summed E-state index contributed by atoms with van der Waals surface area (Å²) in [6.45, 7) is 0.595. The molecule has 0 fully saturated rings. The molecular weight excluding hydrogens is 418 g/mol. The maximum Gasteiger partial charge on any atom is 0.320 e. The van der Waals surface area contributed by atoms with E-state index in [1.807, 2.05) is 54.6 Å². The van der Waals surface area contributed by atoms with Gasteiger partial charge in [0.05, 0.1) is 24.7 Å². The van der Waals surface area contributed by atoms with Crippen molar-refractivity contribution < 1.29 is 14.4 Å². The highest BCUT2D eigenvalue weighted by molar-refractivity contribution is 6.29. The fourth-order valence-corrected chi connectivity index (χ4v) is 3.20. The van der Waals surface area contributed by atoms with E-state index in [-0.39, 0.29) is 23.6 Å². The number of ether oxygens (including phenoxy) is 1. The zero-order valence-corrected chi connectivity index (χ0v) is 17.2. The summed E-state index contributed by atoms with van der Waals surface area (Å²) in [4.78, 5) is 25.2. The number of rotatable bonds is 7. The number of hydrogen-bond donors (Lipinski definition) is 2. The van der Waals surface area contributed by atoms with Gasteiger partial charge in [0, 0.05) is 12.0 Å². The Balaban J connectivity index is 1.24. The fraction of sp³-hybridized carbons (Fsp3) is 0.182. The second kappa shape index (κ2) is 9.90. The third-order valence-corrected chi connectivity index (χ3v) is 4.67. The third kappa shape index (κ3) is 5.70. The number of oxime groups is 1. The molecule has 2 N–H and O–H groups in total. The number of anilines is 1. The van der Waals surface area contributed by atoms with Crippen molar-refractivity contribution in [2.45, 2.75) is 12.5 Å². The van der Waals surface area contributed by atoms with E-state index in [0.717, 1.165) is 22.6 Å². The predicted octanol–water partition coefficient (Wildman–Crippen LogP) is 4.14. The van der Waals surface area contributed by atoms with Crippen molar-refractivity contribution in [3.8, 4) is 16.9 Å². The lowest BCUT2D eigenvalue weighted by Gasteiger charge is -2.14. The van der Waals surface area contributed by atoms with Gasteiger partial charge in [-0.3, -0.25) is 10.3 Å². The average molecular weight is 438 g/mol. The number of halogens is 1. The van der Waals surface area contributed by atoms with E-state index in [9.17, 15) is 4.79 Å². The largest absolute Gasteiger partial charge is 0.489 e. The highest BCUT2D eigenvalue weighted by atomic mass is 35.5. The SMILES string of the molecule is O=C(NCC1=NOC(COc2ccccc2-c2ccccc2)C1)Nc1cncc(Cl)n1. The van der Waals surface area contributed by atoms with Gasteiger partial charge in [-0.1, -0.05) is 65.3 Å². The summed E-state index contributed by atoms with van der Waals surface area (Å²) in [5.41, 5.74) is 2.82. The zero-order valence-electron chi connectivity index (χ0n) is 16.5. The van der Waals surface area contributed by atoms with Gasteiger partial charge < -0.3 is 14.9 Å². The summed E-state index contributed by atoms with van der Waals surface area (Å²) in [6, 6.07) is 17.5. The van der Waals surface area contributed by atoms with Gasteiger partial charge in [-0.05, 0) is 11.6 Å². The zero-order chi connectivity index (χ0) is 21.5.